The number of hydrogen-bond donors (Lipinski definition) is 1. The quantitative estimate of drug-likeness (QED) is 0.914. The van der Waals surface area contributed by atoms with Crippen molar-refractivity contribution in [2.45, 2.75) is 18.9 Å². The number of halogens is 1. The molecule has 6 heteroatoms. The molecule has 1 amide bonds. The number of carboxylic acid groups (broad SMARTS) is 1. The Morgan fingerprint density at radius 1 is 1.40 bits per heavy atom. The number of carbonyl (C=O) groups excluding carboxylic acids is 1. The Labute approximate surface area is 123 Å². The van der Waals surface area contributed by atoms with E-state index in [2.05, 4.69) is 15.9 Å². The lowest BCUT2D eigenvalue weighted by molar-refractivity contribution is -0.141. The number of hydrogen-bond acceptors (Lipinski definition) is 3. The first-order chi connectivity index (χ1) is 9.58. The van der Waals surface area contributed by atoms with Crippen molar-refractivity contribution in [2.75, 3.05) is 6.54 Å². The third-order valence-electron chi connectivity index (χ3n) is 3.51. The number of aliphatic carboxylic acids is 1. The highest BCUT2D eigenvalue weighted by atomic mass is 79.9. The Bertz CT molecular complexity index is 694. The molecule has 104 valence electrons. The van der Waals surface area contributed by atoms with Crippen LogP contribution in [-0.2, 0) is 4.79 Å². The largest absolute Gasteiger partial charge is 0.480 e. The van der Waals surface area contributed by atoms with Gasteiger partial charge >= 0.3 is 5.97 Å². The third-order valence-corrected chi connectivity index (χ3v) is 4.13. The summed E-state index contributed by atoms with van der Waals surface area (Å²) >= 11 is 3.37. The Morgan fingerprint density at radius 3 is 2.90 bits per heavy atom. The molecule has 1 N–H and O–H groups in total. The molecule has 1 aromatic heterocycles. The van der Waals surface area contributed by atoms with Crippen molar-refractivity contribution in [3.05, 3.63) is 34.5 Å². The SMILES string of the molecule is O=C(O)[C@H]1CCCN1C(=O)c1cc2cccc(Br)c2o1. The number of carbonyl (C=O) groups is 2. The number of fused-ring (bicyclic) bond motifs is 1. The van der Waals surface area contributed by atoms with Gasteiger partial charge in [-0.1, -0.05) is 12.1 Å². The van der Waals surface area contributed by atoms with Crippen molar-refractivity contribution in [1.82, 2.24) is 4.90 Å². The molecule has 0 radical (unpaired) electrons. The fourth-order valence-electron chi connectivity index (χ4n) is 2.54. The predicted molar refractivity (Wildman–Crippen MR) is 75.6 cm³/mol. The van der Waals surface area contributed by atoms with Gasteiger partial charge in [-0.05, 0) is 40.9 Å². The number of furan rings is 1. The first-order valence-corrected chi connectivity index (χ1v) is 7.09. The number of nitrogens with zero attached hydrogens (tertiary/aromatic N) is 1. The summed E-state index contributed by atoms with van der Waals surface area (Å²) in [5.74, 6) is -1.15. The number of benzene rings is 1. The predicted octanol–water partition coefficient (Wildman–Crippen LogP) is 2.88. The molecule has 0 bridgehead atoms. The van der Waals surface area contributed by atoms with Crippen LogP contribution >= 0.6 is 15.9 Å². The van der Waals surface area contributed by atoms with Crippen LogP contribution in [0.3, 0.4) is 0 Å². The highest BCUT2D eigenvalue weighted by Crippen LogP contribution is 2.29. The summed E-state index contributed by atoms with van der Waals surface area (Å²) < 4.78 is 6.34. The average Bonchev–Trinajstić information content (AvgIpc) is 3.05. The van der Waals surface area contributed by atoms with E-state index in [1.807, 2.05) is 18.2 Å². The standard InChI is InChI=1S/C14H12BrNO4/c15-9-4-1-3-8-7-11(20-12(8)9)13(17)16-6-2-5-10(16)14(18)19/h1,3-4,7,10H,2,5-6H2,(H,18,19)/t10-/m1/s1. The summed E-state index contributed by atoms with van der Waals surface area (Å²) in [6.07, 6.45) is 1.19. The van der Waals surface area contributed by atoms with Crippen LogP contribution in [0.1, 0.15) is 23.4 Å². The van der Waals surface area contributed by atoms with Crippen LogP contribution in [0.5, 0.6) is 0 Å². The molecule has 1 saturated heterocycles. The summed E-state index contributed by atoms with van der Waals surface area (Å²) in [6.45, 7) is 0.452. The van der Waals surface area contributed by atoms with Crippen LogP contribution in [-0.4, -0.2) is 34.5 Å². The molecule has 5 nitrogen and oxygen atoms in total. The maximum atomic E-state index is 12.4. The molecule has 2 aromatic rings. The van der Waals surface area contributed by atoms with E-state index >= 15 is 0 Å². The van der Waals surface area contributed by atoms with Crippen molar-refractivity contribution in [1.29, 1.82) is 0 Å². The van der Waals surface area contributed by atoms with Crippen LogP contribution in [0.2, 0.25) is 0 Å². The van der Waals surface area contributed by atoms with E-state index in [4.69, 9.17) is 9.52 Å². The molecular formula is C14H12BrNO4. The summed E-state index contributed by atoms with van der Waals surface area (Å²) in [4.78, 5) is 24.9. The lowest BCUT2D eigenvalue weighted by atomic mass is 10.2. The molecule has 1 aliphatic rings. The zero-order valence-electron chi connectivity index (χ0n) is 10.5. The van der Waals surface area contributed by atoms with Gasteiger partial charge in [-0.25, -0.2) is 4.79 Å². The van der Waals surface area contributed by atoms with Gasteiger partial charge in [0.25, 0.3) is 5.91 Å². The third kappa shape index (κ3) is 2.10. The van der Waals surface area contributed by atoms with E-state index in [1.165, 1.54) is 4.90 Å². The topological polar surface area (TPSA) is 70.8 Å². The highest BCUT2D eigenvalue weighted by molar-refractivity contribution is 9.10. The van der Waals surface area contributed by atoms with E-state index < -0.39 is 12.0 Å². The maximum absolute atomic E-state index is 12.4. The molecule has 20 heavy (non-hydrogen) atoms. The molecule has 0 unspecified atom stereocenters. The van der Waals surface area contributed by atoms with Crippen molar-refractivity contribution in [2.24, 2.45) is 0 Å². The van der Waals surface area contributed by atoms with Crippen molar-refractivity contribution >= 4 is 38.8 Å². The second-order valence-electron chi connectivity index (χ2n) is 4.76. The molecular weight excluding hydrogens is 326 g/mol. The fraction of sp³-hybridized carbons (Fsp3) is 0.286. The average molecular weight is 338 g/mol. The lowest BCUT2D eigenvalue weighted by Gasteiger charge is -2.19. The van der Waals surface area contributed by atoms with Crippen molar-refractivity contribution in [3.8, 4) is 0 Å². The van der Waals surface area contributed by atoms with E-state index in [-0.39, 0.29) is 11.7 Å². The number of amides is 1. The van der Waals surface area contributed by atoms with E-state index in [0.29, 0.717) is 25.0 Å². The number of carboxylic acids is 1. The summed E-state index contributed by atoms with van der Waals surface area (Å²) in [6, 6.07) is 6.43. The monoisotopic (exact) mass is 337 g/mol. The molecule has 1 fully saturated rings. The molecule has 0 spiro atoms. The van der Waals surface area contributed by atoms with Crippen LogP contribution in [0, 0.1) is 0 Å². The van der Waals surface area contributed by atoms with Crippen molar-refractivity contribution < 1.29 is 19.1 Å². The number of likely N-dealkylation sites (tertiary alicyclic amines) is 1. The molecule has 2 heterocycles. The fourth-order valence-corrected chi connectivity index (χ4v) is 3.00. The summed E-state index contributed by atoms with van der Waals surface area (Å²) in [5, 5.41) is 9.95. The van der Waals surface area contributed by atoms with E-state index in [9.17, 15) is 9.59 Å². The van der Waals surface area contributed by atoms with Gasteiger partial charge in [-0.15, -0.1) is 0 Å². The first kappa shape index (κ1) is 13.2. The van der Waals surface area contributed by atoms with Gasteiger partial charge in [0.1, 0.15) is 11.6 Å². The summed E-state index contributed by atoms with van der Waals surface area (Å²) in [5.41, 5.74) is 0.599. The number of para-hydroxylation sites is 1. The first-order valence-electron chi connectivity index (χ1n) is 6.30. The zero-order valence-corrected chi connectivity index (χ0v) is 12.1. The second kappa shape index (κ2) is 4.94. The van der Waals surface area contributed by atoms with Crippen LogP contribution in [0.15, 0.2) is 33.2 Å². The highest BCUT2D eigenvalue weighted by Gasteiger charge is 2.35. The normalized spacial score (nSPS) is 18.6. The Balaban J connectivity index is 1.96. The minimum atomic E-state index is -0.965. The minimum Gasteiger partial charge on any atom is -0.480 e. The van der Waals surface area contributed by atoms with Crippen LogP contribution in [0.4, 0.5) is 0 Å². The maximum Gasteiger partial charge on any atom is 0.326 e. The van der Waals surface area contributed by atoms with Gasteiger partial charge in [0.2, 0.25) is 0 Å². The van der Waals surface area contributed by atoms with Crippen molar-refractivity contribution in [3.63, 3.8) is 0 Å². The summed E-state index contributed by atoms with van der Waals surface area (Å²) in [7, 11) is 0. The Kier molecular flexibility index (Phi) is 3.25. The molecule has 1 aliphatic heterocycles. The van der Waals surface area contributed by atoms with Gasteiger partial charge in [0.15, 0.2) is 5.76 Å². The number of rotatable bonds is 2. The molecule has 0 aliphatic carbocycles. The van der Waals surface area contributed by atoms with Gasteiger partial charge in [-0.3, -0.25) is 4.79 Å². The van der Waals surface area contributed by atoms with Gasteiger partial charge in [-0.2, -0.15) is 0 Å². The molecule has 1 aromatic carbocycles. The van der Waals surface area contributed by atoms with E-state index in [0.717, 1.165) is 9.86 Å². The van der Waals surface area contributed by atoms with Crippen LogP contribution in [0.25, 0.3) is 11.0 Å². The molecule has 3 rings (SSSR count). The lowest BCUT2D eigenvalue weighted by Crippen LogP contribution is -2.40. The molecule has 1 atom stereocenters. The van der Waals surface area contributed by atoms with Gasteiger partial charge in [0, 0.05) is 11.9 Å². The van der Waals surface area contributed by atoms with Crippen LogP contribution < -0.4 is 0 Å². The second-order valence-corrected chi connectivity index (χ2v) is 5.62. The Morgan fingerprint density at radius 2 is 2.20 bits per heavy atom. The zero-order chi connectivity index (χ0) is 14.3. The Hall–Kier alpha value is -1.82. The van der Waals surface area contributed by atoms with Gasteiger partial charge < -0.3 is 14.4 Å². The smallest absolute Gasteiger partial charge is 0.326 e. The minimum absolute atomic E-state index is 0.181. The molecule has 0 saturated carbocycles. The van der Waals surface area contributed by atoms with E-state index in [1.54, 1.807) is 6.07 Å². The van der Waals surface area contributed by atoms with Gasteiger partial charge in [0.05, 0.1) is 4.47 Å².